The quantitative estimate of drug-likeness (QED) is 0.878. The Hall–Kier alpha value is -0.580. The Balaban J connectivity index is 2.09. The minimum atomic E-state index is -0.768. The van der Waals surface area contributed by atoms with Gasteiger partial charge in [0.2, 0.25) is 0 Å². The lowest BCUT2D eigenvalue weighted by Crippen LogP contribution is -2.37. The molecule has 0 atom stereocenters. The summed E-state index contributed by atoms with van der Waals surface area (Å²) < 4.78 is 0.864. The molecule has 0 bridgehead atoms. The van der Waals surface area contributed by atoms with Crippen LogP contribution in [-0.4, -0.2) is 28.6 Å². The number of benzene rings is 1. The third-order valence-electron chi connectivity index (χ3n) is 3.55. The molecule has 1 N–H and O–H groups in total. The molecule has 3 nitrogen and oxygen atoms in total. The van der Waals surface area contributed by atoms with Crippen molar-refractivity contribution >= 4 is 33.5 Å². The monoisotopic (exact) mass is 345 g/mol. The van der Waals surface area contributed by atoms with E-state index in [1.165, 1.54) is 12.8 Å². The first-order valence-electron chi connectivity index (χ1n) is 6.46. The highest BCUT2D eigenvalue weighted by Gasteiger charge is 2.24. The summed E-state index contributed by atoms with van der Waals surface area (Å²) in [5.74, 6) is -0.768. The number of hydrogen-bond donors (Lipinski definition) is 1. The smallest absolute Gasteiger partial charge is 0.317 e. The fourth-order valence-corrected chi connectivity index (χ4v) is 3.08. The SMILES string of the molecule is O=C(O)CN(Cc1ccc(Br)c(Cl)c1)C1CCCC1. The summed E-state index contributed by atoms with van der Waals surface area (Å²) in [6, 6.07) is 6.18. The number of hydrogen-bond acceptors (Lipinski definition) is 2. The van der Waals surface area contributed by atoms with Crippen LogP contribution in [0.5, 0.6) is 0 Å². The minimum absolute atomic E-state index is 0.0956. The Labute approximate surface area is 126 Å². The van der Waals surface area contributed by atoms with Gasteiger partial charge in [0.1, 0.15) is 0 Å². The van der Waals surface area contributed by atoms with Crippen molar-refractivity contribution in [3.8, 4) is 0 Å². The minimum Gasteiger partial charge on any atom is -0.480 e. The van der Waals surface area contributed by atoms with Gasteiger partial charge in [-0.25, -0.2) is 0 Å². The van der Waals surface area contributed by atoms with Gasteiger partial charge in [0, 0.05) is 17.1 Å². The van der Waals surface area contributed by atoms with Crippen LogP contribution < -0.4 is 0 Å². The Bertz CT molecular complexity index is 461. The molecule has 0 aliphatic heterocycles. The van der Waals surface area contributed by atoms with E-state index in [-0.39, 0.29) is 6.54 Å². The maximum Gasteiger partial charge on any atom is 0.317 e. The van der Waals surface area contributed by atoms with Gasteiger partial charge in [-0.15, -0.1) is 0 Å². The normalized spacial score (nSPS) is 16.2. The number of halogens is 2. The van der Waals surface area contributed by atoms with Crippen LogP contribution in [0.3, 0.4) is 0 Å². The molecule has 1 saturated carbocycles. The molecule has 0 unspecified atom stereocenters. The van der Waals surface area contributed by atoms with Crippen molar-refractivity contribution in [3.05, 3.63) is 33.3 Å². The summed E-state index contributed by atoms with van der Waals surface area (Å²) in [6.45, 7) is 0.738. The maximum atomic E-state index is 11.0. The third kappa shape index (κ3) is 4.20. The highest BCUT2D eigenvalue weighted by molar-refractivity contribution is 9.10. The van der Waals surface area contributed by atoms with E-state index >= 15 is 0 Å². The fraction of sp³-hybridized carbons (Fsp3) is 0.500. The Morgan fingerprint density at radius 3 is 2.68 bits per heavy atom. The number of carboxylic acids is 1. The average molecular weight is 347 g/mol. The van der Waals surface area contributed by atoms with Gasteiger partial charge >= 0.3 is 5.97 Å². The molecule has 1 aromatic rings. The molecule has 1 aliphatic rings. The predicted octanol–water partition coefficient (Wildman–Crippen LogP) is 3.93. The second-order valence-electron chi connectivity index (χ2n) is 4.99. The second-order valence-corrected chi connectivity index (χ2v) is 6.25. The lowest BCUT2D eigenvalue weighted by molar-refractivity contribution is -0.139. The molecule has 5 heteroatoms. The number of nitrogens with zero attached hydrogens (tertiary/aromatic N) is 1. The van der Waals surface area contributed by atoms with E-state index in [9.17, 15) is 4.79 Å². The Kier molecular flexibility index (Phi) is 5.25. The molecule has 1 aliphatic carbocycles. The van der Waals surface area contributed by atoms with E-state index in [2.05, 4.69) is 20.8 Å². The van der Waals surface area contributed by atoms with Crippen LogP contribution in [-0.2, 0) is 11.3 Å². The zero-order chi connectivity index (χ0) is 13.8. The largest absolute Gasteiger partial charge is 0.480 e. The van der Waals surface area contributed by atoms with E-state index in [0.717, 1.165) is 22.9 Å². The molecule has 0 amide bonds. The van der Waals surface area contributed by atoms with Crippen molar-refractivity contribution in [1.82, 2.24) is 4.90 Å². The lowest BCUT2D eigenvalue weighted by Gasteiger charge is -2.27. The van der Waals surface area contributed by atoms with Gasteiger partial charge in [0.15, 0.2) is 0 Å². The molecule has 0 heterocycles. The zero-order valence-corrected chi connectivity index (χ0v) is 13.0. The molecular formula is C14H17BrClNO2. The summed E-state index contributed by atoms with van der Waals surface area (Å²) in [6.07, 6.45) is 4.58. The van der Waals surface area contributed by atoms with Gasteiger partial charge in [-0.1, -0.05) is 30.5 Å². The van der Waals surface area contributed by atoms with Crippen LogP contribution >= 0.6 is 27.5 Å². The topological polar surface area (TPSA) is 40.5 Å². The first-order chi connectivity index (χ1) is 9.06. The Morgan fingerprint density at radius 1 is 1.42 bits per heavy atom. The number of aliphatic carboxylic acids is 1. The predicted molar refractivity (Wildman–Crippen MR) is 79.5 cm³/mol. The summed E-state index contributed by atoms with van der Waals surface area (Å²) in [7, 11) is 0. The van der Waals surface area contributed by atoms with Crippen LogP contribution in [0.25, 0.3) is 0 Å². The average Bonchev–Trinajstić information content (AvgIpc) is 2.86. The number of carbonyl (C=O) groups is 1. The van der Waals surface area contributed by atoms with Gasteiger partial charge in [-0.3, -0.25) is 9.69 Å². The molecule has 0 aromatic heterocycles. The molecule has 0 radical (unpaired) electrons. The van der Waals surface area contributed by atoms with E-state index < -0.39 is 5.97 Å². The summed E-state index contributed by atoms with van der Waals surface area (Å²) in [5, 5.41) is 9.71. The van der Waals surface area contributed by atoms with Crippen LogP contribution in [0, 0.1) is 0 Å². The third-order valence-corrected chi connectivity index (χ3v) is 4.78. The van der Waals surface area contributed by atoms with Gasteiger partial charge < -0.3 is 5.11 Å². The maximum absolute atomic E-state index is 11.0. The first-order valence-corrected chi connectivity index (χ1v) is 7.63. The van der Waals surface area contributed by atoms with Crippen LogP contribution in [0.1, 0.15) is 31.2 Å². The Morgan fingerprint density at radius 2 is 2.11 bits per heavy atom. The molecule has 1 fully saturated rings. The first kappa shape index (κ1) is 14.8. The molecule has 1 aromatic carbocycles. The van der Waals surface area contributed by atoms with Gasteiger partial charge in [0.25, 0.3) is 0 Å². The standard InChI is InChI=1S/C14H17BrClNO2/c15-12-6-5-10(7-13(12)16)8-17(9-14(18)19)11-3-1-2-4-11/h5-7,11H,1-4,8-9H2,(H,18,19). The van der Waals surface area contributed by atoms with Crippen molar-refractivity contribution in [2.45, 2.75) is 38.3 Å². The molecular weight excluding hydrogens is 330 g/mol. The highest BCUT2D eigenvalue weighted by atomic mass is 79.9. The van der Waals surface area contributed by atoms with Crippen molar-refractivity contribution in [2.75, 3.05) is 6.54 Å². The highest BCUT2D eigenvalue weighted by Crippen LogP contribution is 2.27. The lowest BCUT2D eigenvalue weighted by atomic mass is 10.1. The van der Waals surface area contributed by atoms with E-state index in [0.29, 0.717) is 17.6 Å². The van der Waals surface area contributed by atoms with E-state index in [1.54, 1.807) is 0 Å². The van der Waals surface area contributed by atoms with E-state index in [1.807, 2.05) is 18.2 Å². The van der Waals surface area contributed by atoms with Crippen molar-refractivity contribution in [2.24, 2.45) is 0 Å². The molecule has 0 saturated heterocycles. The van der Waals surface area contributed by atoms with Crippen molar-refractivity contribution < 1.29 is 9.90 Å². The fourth-order valence-electron chi connectivity index (χ4n) is 2.63. The number of rotatable bonds is 5. The van der Waals surface area contributed by atoms with Crippen LogP contribution in [0.4, 0.5) is 0 Å². The molecule has 19 heavy (non-hydrogen) atoms. The van der Waals surface area contributed by atoms with Crippen LogP contribution in [0.15, 0.2) is 22.7 Å². The second kappa shape index (κ2) is 6.73. The van der Waals surface area contributed by atoms with Crippen molar-refractivity contribution in [1.29, 1.82) is 0 Å². The summed E-state index contributed by atoms with van der Waals surface area (Å²) in [4.78, 5) is 13.1. The summed E-state index contributed by atoms with van der Waals surface area (Å²) >= 11 is 9.44. The summed E-state index contributed by atoms with van der Waals surface area (Å²) in [5.41, 5.74) is 1.06. The molecule has 0 spiro atoms. The van der Waals surface area contributed by atoms with Gasteiger partial charge in [0.05, 0.1) is 11.6 Å². The molecule has 2 rings (SSSR count). The van der Waals surface area contributed by atoms with E-state index in [4.69, 9.17) is 16.7 Å². The number of carboxylic acid groups (broad SMARTS) is 1. The van der Waals surface area contributed by atoms with Gasteiger partial charge in [-0.2, -0.15) is 0 Å². The molecule has 104 valence electrons. The van der Waals surface area contributed by atoms with Crippen LogP contribution in [0.2, 0.25) is 5.02 Å². The van der Waals surface area contributed by atoms with Gasteiger partial charge in [-0.05, 0) is 46.5 Å². The zero-order valence-electron chi connectivity index (χ0n) is 10.6. The van der Waals surface area contributed by atoms with Crippen molar-refractivity contribution in [3.63, 3.8) is 0 Å².